The average molecular weight is 403 g/mol. The van der Waals surface area contributed by atoms with Crippen LogP contribution in [0.2, 0.25) is 0 Å². The van der Waals surface area contributed by atoms with E-state index in [1.807, 2.05) is 0 Å². The Labute approximate surface area is 168 Å². The van der Waals surface area contributed by atoms with E-state index in [0.29, 0.717) is 18.5 Å². The van der Waals surface area contributed by atoms with Gasteiger partial charge in [0.25, 0.3) is 5.91 Å². The maximum atomic E-state index is 13.6. The number of nitrogens with zero attached hydrogens (tertiary/aromatic N) is 2. The van der Waals surface area contributed by atoms with Crippen molar-refractivity contribution in [2.45, 2.75) is 18.9 Å². The van der Waals surface area contributed by atoms with Gasteiger partial charge in [-0.15, -0.1) is 0 Å². The first kappa shape index (κ1) is 20.7. The number of amides is 3. The summed E-state index contributed by atoms with van der Waals surface area (Å²) in [6.45, 7) is 2.41. The van der Waals surface area contributed by atoms with Crippen molar-refractivity contribution < 1.29 is 23.1 Å². The van der Waals surface area contributed by atoms with Crippen LogP contribution in [0, 0.1) is 11.6 Å². The van der Waals surface area contributed by atoms with Gasteiger partial charge in [0, 0.05) is 6.54 Å². The molecule has 0 aliphatic carbocycles. The van der Waals surface area contributed by atoms with Gasteiger partial charge in [-0.05, 0) is 43.3 Å². The lowest BCUT2D eigenvalue weighted by atomic mass is 9.87. The van der Waals surface area contributed by atoms with Gasteiger partial charge in [-0.25, -0.2) is 18.5 Å². The molecule has 0 saturated carbocycles. The molecule has 6 nitrogen and oxygen atoms in total. The van der Waals surface area contributed by atoms with Gasteiger partial charge >= 0.3 is 6.03 Å². The highest BCUT2D eigenvalue weighted by molar-refractivity contribution is 6.07. The monoisotopic (exact) mass is 403 g/mol. The topological polar surface area (TPSA) is 61.9 Å². The van der Waals surface area contributed by atoms with Gasteiger partial charge in [0.15, 0.2) is 11.6 Å². The largest absolute Gasteiger partial charge is 0.489 e. The van der Waals surface area contributed by atoms with Gasteiger partial charge in [-0.1, -0.05) is 31.2 Å². The number of hydrogen-bond donors (Lipinski definition) is 1. The minimum atomic E-state index is -1.21. The molecule has 1 saturated heterocycles. The number of ether oxygens (including phenoxy) is 1. The van der Waals surface area contributed by atoms with Crippen molar-refractivity contribution in [3.8, 4) is 5.75 Å². The predicted molar refractivity (Wildman–Crippen MR) is 103 cm³/mol. The smallest absolute Gasteiger partial charge is 0.326 e. The molecule has 0 radical (unpaired) electrons. The van der Waals surface area contributed by atoms with Gasteiger partial charge < -0.3 is 10.1 Å². The van der Waals surface area contributed by atoms with E-state index in [1.54, 1.807) is 31.0 Å². The van der Waals surface area contributed by atoms with Gasteiger partial charge in [0.05, 0.1) is 6.67 Å². The number of imide groups is 1. The summed E-state index contributed by atoms with van der Waals surface area (Å²) in [5.74, 6) is -1.10. The van der Waals surface area contributed by atoms with Crippen LogP contribution in [-0.2, 0) is 10.3 Å². The van der Waals surface area contributed by atoms with Crippen molar-refractivity contribution in [1.82, 2.24) is 15.1 Å². The summed E-state index contributed by atoms with van der Waals surface area (Å²) in [7, 11) is 1.73. The summed E-state index contributed by atoms with van der Waals surface area (Å²) in [4.78, 5) is 28.4. The van der Waals surface area contributed by atoms with Crippen molar-refractivity contribution >= 4 is 11.9 Å². The zero-order chi connectivity index (χ0) is 21.0. The first-order valence-corrected chi connectivity index (χ1v) is 9.33. The number of hydrogen-bond acceptors (Lipinski definition) is 4. The molecule has 1 heterocycles. The van der Waals surface area contributed by atoms with Crippen LogP contribution in [0.4, 0.5) is 13.6 Å². The highest BCUT2D eigenvalue weighted by atomic mass is 19.1. The van der Waals surface area contributed by atoms with Gasteiger partial charge in [-0.2, -0.15) is 0 Å². The number of nitrogens with one attached hydrogen (secondary N) is 1. The van der Waals surface area contributed by atoms with Crippen LogP contribution in [0.15, 0.2) is 48.5 Å². The predicted octanol–water partition coefficient (Wildman–Crippen LogP) is 3.09. The number of rotatable bonds is 8. The molecule has 1 N–H and O–H groups in total. The SMILES string of the molecule is CCC1(c2ccc(F)cc2)NC(=O)N(CN(C)CCOc2ccccc2F)C1=O. The van der Waals surface area contributed by atoms with E-state index in [-0.39, 0.29) is 19.0 Å². The molecule has 2 aromatic carbocycles. The second-order valence-corrected chi connectivity index (χ2v) is 6.93. The molecule has 1 aliphatic rings. The Kier molecular flexibility index (Phi) is 6.12. The zero-order valence-corrected chi connectivity index (χ0v) is 16.3. The fraction of sp³-hybridized carbons (Fsp3) is 0.333. The van der Waals surface area contributed by atoms with Crippen molar-refractivity contribution in [3.63, 3.8) is 0 Å². The lowest BCUT2D eigenvalue weighted by molar-refractivity contribution is -0.133. The van der Waals surface area contributed by atoms with Gasteiger partial charge in [0.1, 0.15) is 18.0 Å². The number of carbonyl (C=O) groups is 2. The second kappa shape index (κ2) is 8.57. The van der Waals surface area contributed by atoms with Crippen LogP contribution >= 0.6 is 0 Å². The lowest BCUT2D eigenvalue weighted by Crippen LogP contribution is -2.45. The third-order valence-electron chi connectivity index (χ3n) is 4.99. The van der Waals surface area contributed by atoms with E-state index < -0.39 is 29.1 Å². The molecule has 154 valence electrons. The summed E-state index contributed by atoms with van der Waals surface area (Å²) in [5, 5.41) is 2.75. The maximum Gasteiger partial charge on any atom is 0.326 e. The first-order chi connectivity index (χ1) is 13.9. The molecule has 1 aliphatic heterocycles. The molecule has 1 fully saturated rings. The number of urea groups is 1. The molecule has 3 amide bonds. The number of halogens is 2. The summed E-state index contributed by atoms with van der Waals surface area (Å²) >= 11 is 0. The van der Waals surface area contributed by atoms with Gasteiger partial charge in [0.2, 0.25) is 0 Å². The molecule has 3 rings (SSSR count). The Morgan fingerprint density at radius 1 is 1.10 bits per heavy atom. The van der Waals surface area contributed by atoms with Crippen LogP contribution in [0.25, 0.3) is 0 Å². The fourth-order valence-electron chi connectivity index (χ4n) is 3.31. The van der Waals surface area contributed by atoms with E-state index in [2.05, 4.69) is 5.32 Å². The Morgan fingerprint density at radius 3 is 2.45 bits per heavy atom. The molecule has 8 heteroatoms. The molecule has 0 aromatic heterocycles. The van der Waals surface area contributed by atoms with Gasteiger partial charge in [-0.3, -0.25) is 9.69 Å². The normalized spacial score (nSPS) is 19.0. The van der Waals surface area contributed by atoms with Crippen molar-refractivity contribution in [2.24, 2.45) is 0 Å². The molecular weight excluding hydrogens is 380 g/mol. The number of para-hydroxylation sites is 1. The standard InChI is InChI=1S/C21H23F2N3O3/c1-3-21(15-8-10-16(22)11-9-15)19(27)26(20(28)24-21)14-25(2)12-13-29-18-7-5-4-6-17(18)23/h4-11H,3,12-14H2,1-2H3,(H,24,28). The summed E-state index contributed by atoms with van der Waals surface area (Å²) in [6, 6.07) is 11.1. The van der Waals surface area contributed by atoms with Crippen LogP contribution in [0.1, 0.15) is 18.9 Å². The van der Waals surface area contributed by atoms with E-state index in [9.17, 15) is 18.4 Å². The Balaban J connectivity index is 1.63. The quantitative estimate of drug-likeness (QED) is 0.688. The molecule has 1 unspecified atom stereocenters. The summed E-state index contributed by atoms with van der Waals surface area (Å²) in [5.41, 5.74) is -0.678. The van der Waals surface area contributed by atoms with Crippen LogP contribution in [0.3, 0.4) is 0 Å². The minimum Gasteiger partial charge on any atom is -0.489 e. The molecule has 1 atom stereocenters. The number of benzene rings is 2. The van der Waals surface area contributed by atoms with E-state index >= 15 is 0 Å². The third-order valence-corrected chi connectivity index (χ3v) is 4.99. The summed E-state index contributed by atoms with van der Waals surface area (Å²) in [6.07, 6.45) is 0.333. The average Bonchev–Trinajstić information content (AvgIpc) is 2.95. The van der Waals surface area contributed by atoms with Crippen LogP contribution in [0.5, 0.6) is 5.75 Å². The highest BCUT2D eigenvalue weighted by Gasteiger charge is 2.51. The third kappa shape index (κ3) is 4.22. The number of likely N-dealkylation sites (N-methyl/N-ethyl adjacent to an activating group) is 1. The Bertz CT molecular complexity index is 891. The van der Waals surface area contributed by atoms with Crippen LogP contribution in [-0.4, -0.2) is 48.6 Å². The number of carbonyl (C=O) groups excluding carboxylic acids is 2. The van der Waals surface area contributed by atoms with Crippen molar-refractivity contribution in [2.75, 3.05) is 26.9 Å². The molecule has 29 heavy (non-hydrogen) atoms. The highest BCUT2D eigenvalue weighted by Crippen LogP contribution is 2.32. The first-order valence-electron chi connectivity index (χ1n) is 9.33. The van der Waals surface area contributed by atoms with E-state index in [1.165, 1.54) is 36.4 Å². The van der Waals surface area contributed by atoms with Crippen LogP contribution < -0.4 is 10.1 Å². The minimum absolute atomic E-state index is 0.0498. The van der Waals surface area contributed by atoms with E-state index in [4.69, 9.17) is 4.74 Å². The molecule has 0 bridgehead atoms. The molecule has 2 aromatic rings. The fourth-order valence-corrected chi connectivity index (χ4v) is 3.31. The Morgan fingerprint density at radius 2 is 1.79 bits per heavy atom. The maximum absolute atomic E-state index is 13.6. The van der Waals surface area contributed by atoms with Crippen molar-refractivity contribution in [3.05, 3.63) is 65.7 Å². The zero-order valence-electron chi connectivity index (χ0n) is 16.3. The van der Waals surface area contributed by atoms with Crippen molar-refractivity contribution in [1.29, 1.82) is 0 Å². The van der Waals surface area contributed by atoms with E-state index in [0.717, 1.165) is 4.90 Å². The molecular formula is C21H23F2N3O3. The summed E-state index contributed by atoms with van der Waals surface area (Å²) < 4.78 is 32.3. The molecule has 0 spiro atoms. The second-order valence-electron chi connectivity index (χ2n) is 6.93. The lowest BCUT2D eigenvalue weighted by Gasteiger charge is -2.27. The Hall–Kier alpha value is -3.00.